The van der Waals surface area contributed by atoms with Gasteiger partial charge in [-0.1, -0.05) is 19.1 Å². The molecule has 0 radical (unpaired) electrons. The predicted molar refractivity (Wildman–Crippen MR) is 81.8 cm³/mol. The number of carbonyl (C=O) groups is 1. The van der Waals surface area contributed by atoms with Crippen molar-refractivity contribution in [2.24, 2.45) is 0 Å². The molecule has 0 aliphatic carbocycles. The van der Waals surface area contributed by atoms with Gasteiger partial charge in [-0.25, -0.2) is 13.1 Å². The van der Waals surface area contributed by atoms with Gasteiger partial charge in [-0.2, -0.15) is 0 Å². The van der Waals surface area contributed by atoms with E-state index in [1.165, 1.54) is 12.1 Å². The number of hydrogen-bond acceptors (Lipinski definition) is 5. The van der Waals surface area contributed by atoms with E-state index in [0.717, 1.165) is 12.1 Å². The maximum absolute atomic E-state index is 11.9. The van der Waals surface area contributed by atoms with Gasteiger partial charge in [0.2, 0.25) is 10.0 Å². The van der Waals surface area contributed by atoms with Crippen LogP contribution in [-0.2, 0) is 26.1 Å². The fourth-order valence-corrected chi connectivity index (χ4v) is 3.14. The van der Waals surface area contributed by atoms with Gasteiger partial charge in [0, 0.05) is 26.2 Å². The van der Waals surface area contributed by atoms with Crippen LogP contribution in [0, 0.1) is 0 Å². The van der Waals surface area contributed by atoms with E-state index in [9.17, 15) is 13.2 Å². The van der Waals surface area contributed by atoms with Crippen LogP contribution in [0.15, 0.2) is 29.2 Å². The first kappa shape index (κ1) is 16.9. The summed E-state index contributed by atoms with van der Waals surface area (Å²) in [6.07, 6.45) is -0.470. The maximum Gasteiger partial charge on any atom is 0.250 e. The van der Waals surface area contributed by atoms with Crippen molar-refractivity contribution in [3.63, 3.8) is 0 Å². The van der Waals surface area contributed by atoms with Crippen molar-refractivity contribution in [2.75, 3.05) is 26.2 Å². The third-order valence-corrected chi connectivity index (χ3v) is 4.82. The lowest BCUT2D eigenvalue weighted by atomic mass is 10.2. The molecule has 1 aliphatic rings. The van der Waals surface area contributed by atoms with E-state index in [2.05, 4.69) is 15.4 Å². The molecule has 1 heterocycles. The summed E-state index contributed by atoms with van der Waals surface area (Å²) in [7, 11) is -3.44. The maximum atomic E-state index is 11.9. The highest BCUT2D eigenvalue weighted by Crippen LogP contribution is 2.10. The summed E-state index contributed by atoms with van der Waals surface area (Å²) in [6.45, 7) is 4.19. The lowest BCUT2D eigenvalue weighted by Gasteiger charge is -2.22. The van der Waals surface area contributed by atoms with Gasteiger partial charge < -0.3 is 15.4 Å². The van der Waals surface area contributed by atoms with Crippen LogP contribution < -0.4 is 15.4 Å². The molecule has 0 spiro atoms. The molecule has 0 aromatic heterocycles. The molecular weight excluding hydrogens is 306 g/mol. The first-order valence-corrected chi connectivity index (χ1v) is 8.70. The minimum absolute atomic E-state index is 0.170. The van der Waals surface area contributed by atoms with E-state index in [1.807, 2.05) is 0 Å². The van der Waals surface area contributed by atoms with Crippen LogP contribution in [0.1, 0.15) is 12.5 Å². The summed E-state index contributed by atoms with van der Waals surface area (Å²) >= 11 is 0. The first-order chi connectivity index (χ1) is 10.5. The number of nitrogens with one attached hydrogen (secondary N) is 3. The van der Waals surface area contributed by atoms with Crippen LogP contribution in [0.25, 0.3) is 0 Å². The highest BCUT2D eigenvalue weighted by molar-refractivity contribution is 7.89. The minimum Gasteiger partial charge on any atom is -0.366 e. The minimum atomic E-state index is -3.44. The average Bonchev–Trinajstić information content (AvgIpc) is 2.54. The third kappa shape index (κ3) is 4.51. The molecule has 2 rings (SSSR count). The fourth-order valence-electron chi connectivity index (χ4n) is 2.10. The van der Waals surface area contributed by atoms with Crippen LogP contribution in [0.4, 0.5) is 0 Å². The Balaban J connectivity index is 1.90. The number of amides is 1. The van der Waals surface area contributed by atoms with E-state index < -0.39 is 16.1 Å². The van der Waals surface area contributed by atoms with Gasteiger partial charge in [-0.15, -0.1) is 0 Å². The number of morpholine rings is 1. The summed E-state index contributed by atoms with van der Waals surface area (Å²) in [5, 5.41) is 5.87. The zero-order valence-corrected chi connectivity index (χ0v) is 13.3. The normalized spacial score (nSPS) is 18.9. The van der Waals surface area contributed by atoms with Crippen LogP contribution in [0.2, 0.25) is 0 Å². The molecule has 22 heavy (non-hydrogen) atoms. The van der Waals surface area contributed by atoms with Crippen molar-refractivity contribution >= 4 is 15.9 Å². The zero-order valence-electron chi connectivity index (χ0n) is 12.5. The summed E-state index contributed by atoms with van der Waals surface area (Å²) in [5.74, 6) is -0.170. The number of benzene rings is 1. The Morgan fingerprint density at radius 2 is 2.09 bits per heavy atom. The van der Waals surface area contributed by atoms with E-state index in [1.54, 1.807) is 19.1 Å². The van der Waals surface area contributed by atoms with Gasteiger partial charge in [0.05, 0.1) is 11.5 Å². The summed E-state index contributed by atoms with van der Waals surface area (Å²) in [6, 6.07) is 6.42. The first-order valence-electron chi connectivity index (χ1n) is 7.21. The lowest BCUT2D eigenvalue weighted by molar-refractivity contribution is -0.134. The monoisotopic (exact) mass is 327 g/mol. The number of carbonyl (C=O) groups excluding carboxylic acids is 1. The highest BCUT2D eigenvalue weighted by atomic mass is 32.2. The topological polar surface area (TPSA) is 96.5 Å². The van der Waals surface area contributed by atoms with Gasteiger partial charge in [-0.05, 0) is 17.7 Å². The Morgan fingerprint density at radius 1 is 1.36 bits per heavy atom. The quantitative estimate of drug-likeness (QED) is 0.660. The van der Waals surface area contributed by atoms with E-state index in [0.29, 0.717) is 26.2 Å². The summed E-state index contributed by atoms with van der Waals surface area (Å²) in [4.78, 5) is 12.1. The molecule has 1 aromatic carbocycles. The smallest absolute Gasteiger partial charge is 0.250 e. The second kappa shape index (κ2) is 7.68. The van der Waals surface area contributed by atoms with Crippen molar-refractivity contribution in [3.8, 4) is 0 Å². The lowest BCUT2D eigenvalue weighted by Crippen LogP contribution is -2.47. The van der Waals surface area contributed by atoms with E-state index in [-0.39, 0.29) is 10.8 Å². The van der Waals surface area contributed by atoms with Gasteiger partial charge in [0.25, 0.3) is 5.91 Å². The average molecular weight is 327 g/mol. The molecule has 0 saturated carbocycles. The standard InChI is InChI=1S/C14H21N3O4S/c1-2-17-22(19,20)12-5-3-11(4-6-12)9-16-14(18)13-10-15-7-8-21-13/h3-6,13,15,17H,2,7-10H2,1H3,(H,16,18). The second-order valence-electron chi connectivity index (χ2n) is 4.93. The van der Waals surface area contributed by atoms with Crippen molar-refractivity contribution in [2.45, 2.75) is 24.5 Å². The largest absolute Gasteiger partial charge is 0.366 e. The van der Waals surface area contributed by atoms with Crippen molar-refractivity contribution in [1.82, 2.24) is 15.4 Å². The van der Waals surface area contributed by atoms with E-state index in [4.69, 9.17) is 4.74 Å². The second-order valence-corrected chi connectivity index (χ2v) is 6.69. The third-order valence-electron chi connectivity index (χ3n) is 3.25. The molecule has 1 aromatic rings. The number of hydrogen-bond donors (Lipinski definition) is 3. The molecule has 3 N–H and O–H groups in total. The Morgan fingerprint density at radius 3 is 2.68 bits per heavy atom. The van der Waals surface area contributed by atoms with Gasteiger partial charge >= 0.3 is 0 Å². The number of ether oxygens (including phenoxy) is 1. The molecule has 1 unspecified atom stereocenters. The van der Waals surface area contributed by atoms with Gasteiger partial charge in [-0.3, -0.25) is 4.79 Å². The molecule has 1 aliphatic heterocycles. The molecule has 1 amide bonds. The molecular formula is C14H21N3O4S. The van der Waals surface area contributed by atoms with Crippen molar-refractivity contribution < 1.29 is 17.9 Å². The summed E-state index contributed by atoms with van der Waals surface area (Å²) < 4.78 is 31.4. The molecule has 8 heteroatoms. The molecule has 1 fully saturated rings. The Hall–Kier alpha value is -1.48. The van der Waals surface area contributed by atoms with Crippen LogP contribution in [0.3, 0.4) is 0 Å². The van der Waals surface area contributed by atoms with Gasteiger partial charge in [0.15, 0.2) is 0 Å². The Labute approximate surface area is 130 Å². The van der Waals surface area contributed by atoms with Crippen LogP contribution in [0.5, 0.6) is 0 Å². The SMILES string of the molecule is CCNS(=O)(=O)c1ccc(CNC(=O)C2CNCCO2)cc1. The molecule has 1 atom stereocenters. The van der Waals surface area contributed by atoms with Crippen molar-refractivity contribution in [1.29, 1.82) is 0 Å². The summed E-state index contributed by atoms with van der Waals surface area (Å²) in [5.41, 5.74) is 0.826. The Kier molecular flexibility index (Phi) is 5.90. The Bertz CT molecular complexity index is 595. The fraction of sp³-hybridized carbons (Fsp3) is 0.500. The number of sulfonamides is 1. The zero-order chi connectivity index (χ0) is 16.0. The van der Waals surface area contributed by atoms with Crippen LogP contribution in [-0.4, -0.2) is 46.7 Å². The molecule has 122 valence electrons. The highest BCUT2D eigenvalue weighted by Gasteiger charge is 2.21. The van der Waals surface area contributed by atoms with Crippen molar-refractivity contribution in [3.05, 3.63) is 29.8 Å². The molecule has 7 nitrogen and oxygen atoms in total. The van der Waals surface area contributed by atoms with Gasteiger partial charge in [0.1, 0.15) is 6.10 Å². The molecule has 0 bridgehead atoms. The predicted octanol–water partition coefficient (Wildman–Crippen LogP) is -0.411. The molecule has 1 saturated heterocycles. The number of rotatable bonds is 6. The van der Waals surface area contributed by atoms with Crippen LogP contribution >= 0.6 is 0 Å². The van der Waals surface area contributed by atoms with E-state index >= 15 is 0 Å².